The van der Waals surface area contributed by atoms with Gasteiger partial charge in [-0.25, -0.2) is 0 Å². The highest BCUT2D eigenvalue weighted by Crippen LogP contribution is 2.56. The van der Waals surface area contributed by atoms with Crippen molar-refractivity contribution in [3.63, 3.8) is 0 Å². The molecule has 2 aliphatic rings. The molecule has 2 N–H and O–H groups in total. The molecule has 26 heavy (non-hydrogen) atoms. The highest BCUT2D eigenvalue weighted by molar-refractivity contribution is 7.07. The first kappa shape index (κ1) is 21.2. The maximum Gasteiger partial charge on any atom is 0.223 e. The molecule has 1 aromatic rings. The Morgan fingerprint density at radius 3 is 2.77 bits per heavy atom. The molecule has 0 radical (unpaired) electrons. The first-order chi connectivity index (χ1) is 12.1. The summed E-state index contributed by atoms with van der Waals surface area (Å²) in [6, 6.07) is 2.44. The third-order valence-electron chi connectivity index (χ3n) is 5.51. The summed E-state index contributed by atoms with van der Waals surface area (Å²) in [6.07, 6.45) is 4.95. The predicted molar refractivity (Wildman–Crippen MR) is 108 cm³/mol. The van der Waals surface area contributed by atoms with Crippen molar-refractivity contribution in [2.24, 2.45) is 5.41 Å². The summed E-state index contributed by atoms with van der Waals surface area (Å²) in [7, 11) is 0. The maximum atomic E-state index is 12.9. The molecule has 1 unspecified atom stereocenters. The fourth-order valence-corrected chi connectivity index (χ4v) is 4.56. The van der Waals surface area contributed by atoms with Crippen molar-refractivity contribution in [2.45, 2.75) is 58.0 Å². The summed E-state index contributed by atoms with van der Waals surface area (Å²) in [5, 5.41) is 10.5. The highest BCUT2D eigenvalue weighted by Gasteiger charge is 2.57. The van der Waals surface area contributed by atoms with Gasteiger partial charge in [0.1, 0.15) is 0 Å². The Kier molecular flexibility index (Phi) is 7.92. The molecule has 2 amide bonds. The minimum Gasteiger partial charge on any atom is -0.356 e. The minimum atomic E-state index is -0.0157. The SMILES string of the molecule is CCCNC(=O)CCC(=O)N(Cc1ccsc1)C1CC12CCNCC2.Cl. The van der Waals surface area contributed by atoms with Gasteiger partial charge in [0.25, 0.3) is 0 Å². The van der Waals surface area contributed by atoms with Crippen LogP contribution in [0.3, 0.4) is 0 Å². The van der Waals surface area contributed by atoms with Gasteiger partial charge in [0, 0.05) is 32.0 Å². The second-order valence-electron chi connectivity index (χ2n) is 7.34. The first-order valence-electron chi connectivity index (χ1n) is 9.42. The van der Waals surface area contributed by atoms with Crippen LogP contribution >= 0.6 is 23.7 Å². The lowest BCUT2D eigenvalue weighted by Crippen LogP contribution is -2.39. The first-order valence-corrected chi connectivity index (χ1v) is 10.4. The molecule has 0 bridgehead atoms. The van der Waals surface area contributed by atoms with E-state index >= 15 is 0 Å². The molecule has 1 saturated heterocycles. The molecule has 2 fully saturated rings. The smallest absolute Gasteiger partial charge is 0.223 e. The number of halogens is 1. The molecule has 1 saturated carbocycles. The zero-order chi connectivity index (χ0) is 17.7. The topological polar surface area (TPSA) is 61.4 Å². The van der Waals surface area contributed by atoms with Crippen LogP contribution in [0.2, 0.25) is 0 Å². The standard InChI is InChI=1S/C19H29N3O2S.ClH/c1-2-8-21-17(23)3-4-18(24)22(13-15-5-11-25-14-15)16-12-19(16)6-9-20-10-7-19;/h5,11,14,16,20H,2-4,6-10,12-13H2,1H3,(H,21,23);1H. The van der Waals surface area contributed by atoms with E-state index in [1.807, 2.05) is 6.92 Å². The van der Waals surface area contributed by atoms with E-state index in [0.29, 0.717) is 37.4 Å². The normalized spacial score (nSPS) is 20.3. The van der Waals surface area contributed by atoms with Crippen molar-refractivity contribution in [3.05, 3.63) is 22.4 Å². The van der Waals surface area contributed by atoms with Gasteiger partial charge in [0.05, 0.1) is 0 Å². The largest absolute Gasteiger partial charge is 0.356 e. The Morgan fingerprint density at radius 2 is 2.12 bits per heavy atom. The summed E-state index contributed by atoms with van der Waals surface area (Å²) in [5.41, 5.74) is 1.52. The molecule has 1 spiro atoms. The van der Waals surface area contributed by atoms with Crippen LogP contribution in [0.1, 0.15) is 51.0 Å². The lowest BCUT2D eigenvalue weighted by atomic mass is 9.93. The molecule has 3 rings (SSSR count). The highest BCUT2D eigenvalue weighted by atomic mass is 35.5. The Balaban J connectivity index is 0.00000243. The summed E-state index contributed by atoms with van der Waals surface area (Å²) in [6.45, 7) is 5.50. The summed E-state index contributed by atoms with van der Waals surface area (Å²) in [4.78, 5) is 26.8. The lowest BCUT2D eigenvalue weighted by molar-refractivity contribution is -0.135. The van der Waals surface area contributed by atoms with Gasteiger partial charge in [-0.2, -0.15) is 11.3 Å². The average molecular weight is 400 g/mol. The van der Waals surface area contributed by atoms with Gasteiger partial charge in [-0.15, -0.1) is 12.4 Å². The number of hydrogen-bond acceptors (Lipinski definition) is 4. The molecule has 1 aliphatic heterocycles. The molecule has 1 aromatic heterocycles. The molecular formula is C19H30ClN3O2S. The molecule has 1 aliphatic carbocycles. The van der Waals surface area contributed by atoms with Crippen LogP contribution in [-0.2, 0) is 16.1 Å². The van der Waals surface area contributed by atoms with Crippen LogP contribution in [0.15, 0.2) is 16.8 Å². The Morgan fingerprint density at radius 1 is 1.35 bits per heavy atom. The van der Waals surface area contributed by atoms with E-state index in [1.165, 1.54) is 5.56 Å². The molecular weight excluding hydrogens is 370 g/mol. The van der Waals surface area contributed by atoms with Gasteiger partial charge < -0.3 is 15.5 Å². The molecule has 1 atom stereocenters. The van der Waals surface area contributed by atoms with E-state index in [2.05, 4.69) is 32.4 Å². The number of thiophene rings is 1. The van der Waals surface area contributed by atoms with Crippen molar-refractivity contribution in [2.75, 3.05) is 19.6 Å². The van der Waals surface area contributed by atoms with E-state index in [4.69, 9.17) is 0 Å². The van der Waals surface area contributed by atoms with Crippen LogP contribution in [0.4, 0.5) is 0 Å². The molecule has 7 heteroatoms. The summed E-state index contributed by atoms with van der Waals surface area (Å²) < 4.78 is 0. The van der Waals surface area contributed by atoms with E-state index in [0.717, 1.165) is 38.8 Å². The number of piperidine rings is 1. The third-order valence-corrected chi connectivity index (χ3v) is 6.25. The second kappa shape index (κ2) is 9.72. The zero-order valence-electron chi connectivity index (χ0n) is 15.5. The van der Waals surface area contributed by atoms with Crippen molar-refractivity contribution < 1.29 is 9.59 Å². The predicted octanol–water partition coefficient (Wildman–Crippen LogP) is 2.95. The van der Waals surface area contributed by atoms with E-state index < -0.39 is 0 Å². The molecule has 2 heterocycles. The van der Waals surface area contributed by atoms with Crippen LogP contribution in [0.5, 0.6) is 0 Å². The minimum absolute atomic E-state index is 0. The molecule has 5 nitrogen and oxygen atoms in total. The number of rotatable bonds is 8. The van der Waals surface area contributed by atoms with Gasteiger partial charge in [-0.05, 0) is 66.6 Å². The number of nitrogens with zero attached hydrogens (tertiary/aromatic N) is 1. The van der Waals surface area contributed by atoms with Gasteiger partial charge in [-0.1, -0.05) is 6.92 Å². The summed E-state index contributed by atoms with van der Waals surface area (Å²) in [5.74, 6) is 0.108. The second-order valence-corrected chi connectivity index (χ2v) is 8.12. The maximum absolute atomic E-state index is 12.9. The van der Waals surface area contributed by atoms with Gasteiger partial charge >= 0.3 is 0 Å². The third kappa shape index (κ3) is 5.21. The number of amides is 2. The fourth-order valence-electron chi connectivity index (χ4n) is 3.90. The average Bonchev–Trinajstić information content (AvgIpc) is 3.06. The quantitative estimate of drug-likeness (QED) is 0.706. The number of nitrogens with one attached hydrogen (secondary N) is 2. The Hall–Kier alpha value is -1.11. The van der Waals surface area contributed by atoms with Crippen molar-refractivity contribution in [3.8, 4) is 0 Å². The Labute approximate surface area is 166 Å². The number of carbonyl (C=O) groups is 2. The number of hydrogen-bond donors (Lipinski definition) is 2. The van der Waals surface area contributed by atoms with Gasteiger partial charge in [0.2, 0.25) is 11.8 Å². The van der Waals surface area contributed by atoms with E-state index in [1.54, 1.807) is 11.3 Å². The van der Waals surface area contributed by atoms with Crippen molar-refractivity contribution in [1.29, 1.82) is 0 Å². The number of carbonyl (C=O) groups excluding carboxylic acids is 2. The van der Waals surface area contributed by atoms with Crippen LogP contribution < -0.4 is 10.6 Å². The lowest BCUT2D eigenvalue weighted by Gasteiger charge is -2.29. The Bertz CT molecular complexity index is 588. The van der Waals surface area contributed by atoms with Crippen molar-refractivity contribution in [1.82, 2.24) is 15.5 Å². The zero-order valence-corrected chi connectivity index (χ0v) is 17.1. The summed E-state index contributed by atoms with van der Waals surface area (Å²) >= 11 is 1.67. The van der Waals surface area contributed by atoms with Crippen LogP contribution in [-0.4, -0.2) is 42.4 Å². The van der Waals surface area contributed by atoms with E-state index in [9.17, 15) is 9.59 Å². The molecule has 146 valence electrons. The molecule has 0 aromatic carbocycles. The van der Waals surface area contributed by atoms with Crippen LogP contribution in [0, 0.1) is 5.41 Å². The monoisotopic (exact) mass is 399 g/mol. The van der Waals surface area contributed by atoms with Crippen LogP contribution in [0.25, 0.3) is 0 Å². The van der Waals surface area contributed by atoms with Crippen molar-refractivity contribution >= 4 is 35.6 Å². The van der Waals surface area contributed by atoms with Gasteiger partial charge in [-0.3, -0.25) is 9.59 Å². The fraction of sp³-hybridized carbons (Fsp3) is 0.684. The van der Waals surface area contributed by atoms with Gasteiger partial charge in [0.15, 0.2) is 0 Å². The van der Waals surface area contributed by atoms with E-state index in [-0.39, 0.29) is 24.2 Å².